The Hall–Kier alpha value is -0.870. The van der Waals surface area contributed by atoms with E-state index in [-0.39, 0.29) is 6.61 Å². The Bertz CT molecular complexity index is 226. The summed E-state index contributed by atoms with van der Waals surface area (Å²) in [7, 11) is 0. The highest BCUT2D eigenvalue weighted by Crippen LogP contribution is 2.32. The van der Waals surface area contributed by atoms with Gasteiger partial charge in [-0.1, -0.05) is 6.58 Å². The number of hydrogen-bond acceptors (Lipinski definition) is 4. The first-order valence-corrected chi connectivity index (χ1v) is 4.75. The van der Waals surface area contributed by atoms with Gasteiger partial charge >= 0.3 is 5.97 Å². The van der Waals surface area contributed by atoms with E-state index in [0.29, 0.717) is 25.7 Å². The molecule has 0 amide bonds. The Balaban J connectivity index is 2.24. The molecule has 1 aliphatic carbocycles. The van der Waals surface area contributed by atoms with E-state index in [0.717, 1.165) is 6.08 Å². The summed E-state index contributed by atoms with van der Waals surface area (Å²) >= 11 is 0. The minimum Gasteiger partial charge on any atom is -0.462 e. The quantitative estimate of drug-likeness (QED) is 0.508. The Morgan fingerprint density at radius 1 is 1.71 bits per heavy atom. The number of hydrogen-bond donors (Lipinski definition) is 2. The number of rotatable bonds is 4. The largest absolute Gasteiger partial charge is 0.462 e. The lowest BCUT2D eigenvalue weighted by molar-refractivity contribution is -0.139. The van der Waals surface area contributed by atoms with Crippen LogP contribution in [0.1, 0.15) is 25.7 Å². The maximum absolute atomic E-state index is 10.7. The van der Waals surface area contributed by atoms with Crippen LogP contribution in [-0.2, 0) is 9.53 Å². The second kappa shape index (κ2) is 4.57. The average Bonchev–Trinajstić information content (AvgIpc) is 2.46. The van der Waals surface area contributed by atoms with Gasteiger partial charge in [-0.05, 0) is 12.8 Å². The van der Waals surface area contributed by atoms with E-state index in [1.165, 1.54) is 0 Å². The van der Waals surface area contributed by atoms with E-state index in [1.807, 2.05) is 0 Å². The third-order valence-electron chi connectivity index (χ3n) is 2.54. The molecule has 0 aromatic heterocycles. The van der Waals surface area contributed by atoms with Crippen LogP contribution in [0.4, 0.5) is 0 Å². The van der Waals surface area contributed by atoms with Crippen molar-refractivity contribution in [2.75, 3.05) is 6.61 Å². The van der Waals surface area contributed by atoms with Crippen molar-refractivity contribution in [2.45, 2.75) is 37.4 Å². The lowest BCUT2D eigenvalue weighted by atomic mass is 9.99. The summed E-state index contributed by atoms with van der Waals surface area (Å²) < 4.78 is 4.75. The summed E-state index contributed by atoms with van der Waals surface area (Å²) in [5, 5.41) is 19.1. The number of aliphatic hydroxyl groups is 2. The fourth-order valence-corrected chi connectivity index (χ4v) is 1.71. The van der Waals surface area contributed by atoms with Crippen molar-refractivity contribution in [3.8, 4) is 0 Å². The van der Waals surface area contributed by atoms with E-state index < -0.39 is 17.7 Å². The molecule has 0 spiro atoms. The predicted molar refractivity (Wildman–Crippen MR) is 50.6 cm³/mol. The first-order valence-electron chi connectivity index (χ1n) is 4.75. The first-order chi connectivity index (χ1) is 6.56. The molecule has 4 heteroatoms. The number of aliphatic hydroxyl groups excluding tert-OH is 1. The lowest BCUT2D eigenvalue weighted by Gasteiger charge is -2.21. The van der Waals surface area contributed by atoms with Crippen LogP contribution in [0.25, 0.3) is 0 Å². The van der Waals surface area contributed by atoms with Crippen LogP contribution < -0.4 is 0 Å². The fraction of sp³-hybridized carbons (Fsp3) is 0.700. The molecule has 4 nitrogen and oxygen atoms in total. The second-order valence-electron chi connectivity index (χ2n) is 3.74. The van der Waals surface area contributed by atoms with Crippen LogP contribution in [0.3, 0.4) is 0 Å². The van der Waals surface area contributed by atoms with Gasteiger partial charge in [-0.2, -0.15) is 0 Å². The summed E-state index contributed by atoms with van der Waals surface area (Å²) in [5.74, 6) is -0.479. The highest BCUT2D eigenvalue weighted by atomic mass is 16.5. The highest BCUT2D eigenvalue weighted by Gasteiger charge is 2.36. The third-order valence-corrected chi connectivity index (χ3v) is 2.54. The Morgan fingerprint density at radius 2 is 2.43 bits per heavy atom. The van der Waals surface area contributed by atoms with Crippen molar-refractivity contribution in [1.82, 2.24) is 0 Å². The normalized spacial score (nSPS) is 31.4. The minimum absolute atomic E-state index is 0.175. The summed E-state index contributed by atoms with van der Waals surface area (Å²) in [6.45, 7) is 3.44. The van der Waals surface area contributed by atoms with Crippen LogP contribution in [0.2, 0.25) is 0 Å². The molecule has 2 N–H and O–H groups in total. The van der Waals surface area contributed by atoms with Gasteiger partial charge in [0.25, 0.3) is 0 Å². The third kappa shape index (κ3) is 3.12. The van der Waals surface area contributed by atoms with Gasteiger partial charge < -0.3 is 14.9 Å². The SMILES string of the molecule is C=CC(=O)OCCC1(O)CCC(O)C1. The van der Waals surface area contributed by atoms with E-state index >= 15 is 0 Å². The summed E-state index contributed by atoms with van der Waals surface area (Å²) in [6, 6.07) is 0. The van der Waals surface area contributed by atoms with Crippen LogP contribution in [0.15, 0.2) is 12.7 Å². The van der Waals surface area contributed by atoms with Crippen LogP contribution >= 0.6 is 0 Å². The standard InChI is InChI=1S/C10H16O4/c1-2-9(12)14-6-5-10(13)4-3-8(11)7-10/h2,8,11,13H,1,3-7H2. The minimum atomic E-state index is -0.860. The Kier molecular flexibility index (Phi) is 3.66. The van der Waals surface area contributed by atoms with E-state index in [2.05, 4.69) is 6.58 Å². The monoisotopic (exact) mass is 200 g/mol. The zero-order valence-corrected chi connectivity index (χ0v) is 8.11. The molecule has 14 heavy (non-hydrogen) atoms. The summed E-state index contributed by atoms with van der Waals surface area (Å²) in [4.78, 5) is 10.7. The zero-order valence-electron chi connectivity index (χ0n) is 8.11. The van der Waals surface area contributed by atoms with Crippen molar-refractivity contribution in [1.29, 1.82) is 0 Å². The average molecular weight is 200 g/mol. The maximum atomic E-state index is 10.7. The molecule has 0 heterocycles. The summed E-state index contributed by atoms with van der Waals surface area (Å²) in [5.41, 5.74) is -0.860. The van der Waals surface area contributed by atoms with Gasteiger partial charge in [0.15, 0.2) is 0 Å². The van der Waals surface area contributed by atoms with Crippen molar-refractivity contribution in [3.05, 3.63) is 12.7 Å². The topological polar surface area (TPSA) is 66.8 Å². The van der Waals surface area contributed by atoms with Gasteiger partial charge in [0, 0.05) is 18.9 Å². The van der Waals surface area contributed by atoms with Gasteiger partial charge in [-0.15, -0.1) is 0 Å². The number of esters is 1. The number of carbonyl (C=O) groups excluding carboxylic acids is 1. The van der Waals surface area contributed by atoms with Crippen molar-refractivity contribution >= 4 is 5.97 Å². The van der Waals surface area contributed by atoms with Crippen molar-refractivity contribution < 1.29 is 19.7 Å². The van der Waals surface area contributed by atoms with Crippen molar-refractivity contribution in [3.63, 3.8) is 0 Å². The van der Waals surface area contributed by atoms with Crippen LogP contribution in [0, 0.1) is 0 Å². The Morgan fingerprint density at radius 3 is 2.93 bits per heavy atom. The van der Waals surface area contributed by atoms with Crippen LogP contribution in [-0.4, -0.2) is 34.5 Å². The van der Waals surface area contributed by atoms with E-state index in [9.17, 15) is 15.0 Å². The molecule has 1 aliphatic rings. The lowest BCUT2D eigenvalue weighted by Crippen LogP contribution is -2.27. The highest BCUT2D eigenvalue weighted by molar-refractivity contribution is 5.81. The molecule has 0 aromatic rings. The molecule has 0 saturated heterocycles. The molecule has 1 fully saturated rings. The Labute approximate surface area is 83.2 Å². The smallest absolute Gasteiger partial charge is 0.330 e. The fourth-order valence-electron chi connectivity index (χ4n) is 1.71. The van der Waals surface area contributed by atoms with Gasteiger partial charge in [-0.25, -0.2) is 4.79 Å². The number of carbonyl (C=O) groups is 1. The van der Waals surface area contributed by atoms with Gasteiger partial charge in [0.1, 0.15) is 0 Å². The van der Waals surface area contributed by atoms with E-state index in [4.69, 9.17) is 4.74 Å². The first kappa shape index (κ1) is 11.2. The zero-order chi connectivity index (χ0) is 10.6. The molecule has 1 saturated carbocycles. The number of ether oxygens (including phenoxy) is 1. The molecule has 80 valence electrons. The molecule has 0 radical (unpaired) electrons. The molecule has 2 unspecified atom stereocenters. The summed E-state index contributed by atoms with van der Waals surface area (Å²) in [6.07, 6.45) is 2.61. The molecule has 1 rings (SSSR count). The molecule has 0 aromatic carbocycles. The maximum Gasteiger partial charge on any atom is 0.330 e. The second-order valence-corrected chi connectivity index (χ2v) is 3.74. The molecule has 2 atom stereocenters. The van der Waals surface area contributed by atoms with Gasteiger partial charge in [-0.3, -0.25) is 0 Å². The molecule has 0 aliphatic heterocycles. The van der Waals surface area contributed by atoms with Gasteiger partial charge in [0.2, 0.25) is 0 Å². The van der Waals surface area contributed by atoms with E-state index in [1.54, 1.807) is 0 Å². The van der Waals surface area contributed by atoms with Crippen LogP contribution in [0.5, 0.6) is 0 Å². The van der Waals surface area contributed by atoms with Crippen molar-refractivity contribution in [2.24, 2.45) is 0 Å². The molecular weight excluding hydrogens is 184 g/mol. The molecule has 0 bridgehead atoms. The molecular formula is C10H16O4. The predicted octanol–water partition coefficient (Wildman–Crippen LogP) is 0.382. The van der Waals surface area contributed by atoms with Gasteiger partial charge in [0.05, 0.1) is 18.3 Å².